The maximum Gasteiger partial charge on any atom is 0.245 e. The zero-order valence-corrected chi connectivity index (χ0v) is 14.5. The van der Waals surface area contributed by atoms with Gasteiger partial charge < -0.3 is 14.1 Å². The fourth-order valence-corrected chi connectivity index (χ4v) is 2.74. The summed E-state index contributed by atoms with van der Waals surface area (Å²) in [4.78, 5) is 9.95. The van der Waals surface area contributed by atoms with Gasteiger partial charge in [-0.2, -0.15) is 10.1 Å². The Bertz CT molecular complexity index is 923. The van der Waals surface area contributed by atoms with Gasteiger partial charge in [0.2, 0.25) is 5.95 Å². The smallest absolute Gasteiger partial charge is 0.245 e. The van der Waals surface area contributed by atoms with Crippen LogP contribution in [0.5, 0.6) is 0 Å². The summed E-state index contributed by atoms with van der Waals surface area (Å²) in [5.74, 6) is 1.32. The largest absolute Gasteiger partial charge is 0.455 e. The number of benzene rings is 1. The molecule has 2 aromatic heterocycles. The van der Waals surface area contributed by atoms with Crippen LogP contribution in [0.15, 0.2) is 58.2 Å². The van der Waals surface area contributed by atoms with Crippen molar-refractivity contribution in [2.45, 2.75) is 0 Å². The lowest BCUT2D eigenvalue weighted by molar-refractivity contribution is 0.122. The van der Waals surface area contributed by atoms with E-state index in [9.17, 15) is 4.39 Å². The van der Waals surface area contributed by atoms with E-state index in [-0.39, 0.29) is 11.8 Å². The number of halogens is 1. The van der Waals surface area contributed by atoms with Crippen LogP contribution in [0, 0.1) is 5.82 Å². The van der Waals surface area contributed by atoms with Crippen LogP contribution >= 0.6 is 0 Å². The average molecular weight is 367 g/mol. The molecule has 1 aromatic carbocycles. The van der Waals surface area contributed by atoms with Crippen molar-refractivity contribution in [2.24, 2.45) is 5.10 Å². The van der Waals surface area contributed by atoms with Crippen molar-refractivity contribution in [3.05, 3.63) is 60.2 Å². The molecule has 1 saturated heterocycles. The summed E-state index contributed by atoms with van der Waals surface area (Å²) < 4.78 is 25.0. The Kier molecular flexibility index (Phi) is 5.06. The highest BCUT2D eigenvalue weighted by atomic mass is 19.1. The number of anilines is 2. The normalized spacial score (nSPS) is 14.6. The molecule has 0 spiro atoms. The van der Waals surface area contributed by atoms with Gasteiger partial charge in [0, 0.05) is 18.7 Å². The molecule has 0 atom stereocenters. The Balaban J connectivity index is 1.43. The van der Waals surface area contributed by atoms with Crippen LogP contribution in [0.4, 0.5) is 16.2 Å². The van der Waals surface area contributed by atoms with Gasteiger partial charge in [0.15, 0.2) is 11.6 Å². The summed E-state index contributed by atoms with van der Waals surface area (Å²) in [5.41, 5.74) is 3.70. The predicted octanol–water partition coefficient (Wildman–Crippen LogP) is 3.16. The Morgan fingerprint density at radius 3 is 2.74 bits per heavy atom. The number of hydrogen-bond acceptors (Lipinski definition) is 7. The summed E-state index contributed by atoms with van der Waals surface area (Å²) >= 11 is 0. The number of hydrazone groups is 1. The lowest BCUT2D eigenvalue weighted by Gasteiger charge is -2.27. The van der Waals surface area contributed by atoms with Gasteiger partial charge in [-0.25, -0.2) is 14.8 Å². The van der Waals surface area contributed by atoms with Crippen LogP contribution in [-0.4, -0.2) is 42.5 Å². The molecule has 0 unspecified atom stereocenters. The third-order valence-corrected chi connectivity index (χ3v) is 4.08. The van der Waals surface area contributed by atoms with Crippen LogP contribution < -0.4 is 10.3 Å². The Morgan fingerprint density at radius 1 is 1.11 bits per heavy atom. The lowest BCUT2D eigenvalue weighted by atomic mass is 10.2. The maximum absolute atomic E-state index is 14.0. The van der Waals surface area contributed by atoms with Crippen LogP contribution in [-0.2, 0) is 4.74 Å². The summed E-state index contributed by atoms with van der Waals surface area (Å²) in [5, 5.41) is 4.08. The number of nitrogens with one attached hydrogen (secondary N) is 1. The Labute approximate surface area is 155 Å². The van der Waals surface area contributed by atoms with Crippen LogP contribution in [0.3, 0.4) is 0 Å². The molecule has 8 heteroatoms. The number of hydrogen-bond donors (Lipinski definition) is 1. The van der Waals surface area contributed by atoms with Gasteiger partial charge in [-0.15, -0.1) is 0 Å². The van der Waals surface area contributed by atoms with Crippen molar-refractivity contribution in [2.75, 3.05) is 36.6 Å². The van der Waals surface area contributed by atoms with E-state index in [4.69, 9.17) is 9.15 Å². The van der Waals surface area contributed by atoms with Gasteiger partial charge in [0.25, 0.3) is 0 Å². The van der Waals surface area contributed by atoms with Gasteiger partial charge in [-0.1, -0.05) is 30.3 Å². The van der Waals surface area contributed by atoms with Gasteiger partial charge in [0.05, 0.1) is 25.6 Å². The van der Waals surface area contributed by atoms with Crippen LogP contribution in [0.1, 0.15) is 5.76 Å². The highest BCUT2D eigenvalue weighted by Crippen LogP contribution is 2.21. The highest BCUT2D eigenvalue weighted by Gasteiger charge is 2.17. The Hall–Kier alpha value is -3.26. The second-order valence-electron chi connectivity index (χ2n) is 5.90. The molecule has 1 aliphatic rings. The van der Waals surface area contributed by atoms with Gasteiger partial charge in [-0.05, 0) is 12.1 Å². The molecule has 138 valence electrons. The van der Waals surface area contributed by atoms with Crippen molar-refractivity contribution >= 4 is 18.0 Å². The van der Waals surface area contributed by atoms with E-state index in [1.54, 1.807) is 0 Å². The summed E-state index contributed by atoms with van der Waals surface area (Å²) in [6.07, 6.45) is 2.66. The van der Waals surface area contributed by atoms with E-state index < -0.39 is 5.82 Å². The molecule has 0 bridgehead atoms. The molecule has 27 heavy (non-hydrogen) atoms. The molecule has 3 aromatic rings. The molecule has 0 saturated carbocycles. The number of morpholine rings is 1. The van der Waals surface area contributed by atoms with Gasteiger partial charge in [0.1, 0.15) is 11.5 Å². The summed E-state index contributed by atoms with van der Waals surface area (Å²) in [6.45, 7) is 2.27. The molecule has 7 nitrogen and oxygen atoms in total. The van der Waals surface area contributed by atoms with Crippen molar-refractivity contribution in [3.63, 3.8) is 0 Å². The third-order valence-electron chi connectivity index (χ3n) is 4.08. The summed E-state index contributed by atoms with van der Waals surface area (Å²) in [7, 11) is 0. The second kappa shape index (κ2) is 7.96. The molecule has 4 rings (SSSR count). The molecule has 3 heterocycles. The molecule has 1 fully saturated rings. The van der Waals surface area contributed by atoms with E-state index in [0.717, 1.165) is 17.5 Å². The maximum atomic E-state index is 14.0. The zero-order valence-electron chi connectivity index (χ0n) is 14.5. The standard InChI is InChI=1S/C19H18FN5O2/c20-16-13-21-19(23-18(16)25-8-10-26-11-9-25)24-22-12-15-6-7-17(27-15)14-4-2-1-3-5-14/h1-7,12-13H,8-11H2,(H,21,23,24). The highest BCUT2D eigenvalue weighted by molar-refractivity contribution is 5.77. The monoisotopic (exact) mass is 367 g/mol. The number of nitrogens with zero attached hydrogens (tertiary/aromatic N) is 4. The summed E-state index contributed by atoms with van der Waals surface area (Å²) in [6, 6.07) is 13.5. The first-order chi connectivity index (χ1) is 13.3. The molecule has 0 amide bonds. The van der Waals surface area contributed by atoms with Crippen LogP contribution in [0.25, 0.3) is 11.3 Å². The minimum absolute atomic E-state index is 0.212. The van der Waals surface area contributed by atoms with Crippen molar-refractivity contribution in [3.8, 4) is 11.3 Å². The topological polar surface area (TPSA) is 75.8 Å². The third kappa shape index (κ3) is 4.12. The van der Waals surface area contributed by atoms with Gasteiger partial charge >= 0.3 is 0 Å². The minimum Gasteiger partial charge on any atom is -0.455 e. The minimum atomic E-state index is -0.468. The van der Waals surface area contributed by atoms with E-state index in [1.807, 2.05) is 47.4 Å². The molecular formula is C19H18FN5O2. The fourth-order valence-electron chi connectivity index (χ4n) is 2.74. The zero-order chi connectivity index (χ0) is 18.5. The number of rotatable bonds is 5. The molecule has 1 N–H and O–H groups in total. The van der Waals surface area contributed by atoms with E-state index in [0.29, 0.717) is 32.1 Å². The second-order valence-corrected chi connectivity index (χ2v) is 5.90. The first kappa shape index (κ1) is 17.2. The molecule has 0 radical (unpaired) electrons. The molecular weight excluding hydrogens is 349 g/mol. The number of ether oxygens (including phenoxy) is 1. The predicted molar refractivity (Wildman–Crippen MR) is 100 cm³/mol. The first-order valence-electron chi connectivity index (χ1n) is 8.59. The molecule has 0 aliphatic carbocycles. The van der Waals surface area contributed by atoms with Crippen molar-refractivity contribution in [1.82, 2.24) is 9.97 Å². The molecule has 1 aliphatic heterocycles. The number of furan rings is 1. The fraction of sp³-hybridized carbons (Fsp3) is 0.211. The SMILES string of the molecule is Fc1cnc(NN=Cc2ccc(-c3ccccc3)o2)nc1N1CCOCC1. The van der Waals surface area contributed by atoms with Gasteiger partial charge in [-0.3, -0.25) is 0 Å². The average Bonchev–Trinajstić information content (AvgIpc) is 3.19. The quantitative estimate of drug-likeness (QED) is 0.551. The Morgan fingerprint density at radius 2 is 1.93 bits per heavy atom. The van der Waals surface area contributed by atoms with E-state index in [1.165, 1.54) is 6.21 Å². The van der Waals surface area contributed by atoms with E-state index >= 15 is 0 Å². The van der Waals surface area contributed by atoms with Crippen molar-refractivity contribution < 1.29 is 13.5 Å². The van der Waals surface area contributed by atoms with E-state index in [2.05, 4.69) is 20.5 Å². The number of aromatic nitrogens is 2. The van der Waals surface area contributed by atoms with Crippen LogP contribution in [0.2, 0.25) is 0 Å². The van der Waals surface area contributed by atoms with Crippen molar-refractivity contribution in [1.29, 1.82) is 0 Å². The first-order valence-corrected chi connectivity index (χ1v) is 8.59. The lowest BCUT2D eigenvalue weighted by Crippen LogP contribution is -2.37.